The van der Waals surface area contributed by atoms with Crippen molar-refractivity contribution < 1.29 is 17.9 Å². The van der Waals surface area contributed by atoms with Crippen LogP contribution in [-0.4, -0.2) is 30.3 Å². The lowest BCUT2D eigenvalue weighted by atomic mass is 10.1. The van der Waals surface area contributed by atoms with Gasteiger partial charge >= 0.3 is 6.18 Å². The zero-order chi connectivity index (χ0) is 17.0. The van der Waals surface area contributed by atoms with Crippen molar-refractivity contribution in [1.82, 2.24) is 4.90 Å². The molecule has 2 aromatic carbocycles. The molecule has 0 radical (unpaired) electrons. The van der Waals surface area contributed by atoms with Crippen LogP contribution in [0.1, 0.15) is 11.1 Å². The van der Waals surface area contributed by atoms with Crippen molar-refractivity contribution in [3.8, 4) is 0 Å². The molecule has 128 valence electrons. The molecule has 1 aliphatic heterocycles. The molecule has 24 heavy (non-hydrogen) atoms. The molecular weight excluding hydrogens is 315 g/mol. The Balaban J connectivity index is 1.64. The Morgan fingerprint density at radius 3 is 2.04 bits per heavy atom. The van der Waals surface area contributed by atoms with Gasteiger partial charge in [0.15, 0.2) is 0 Å². The number of rotatable bonds is 5. The molecule has 2 aromatic rings. The first-order valence-corrected chi connectivity index (χ1v) is 8.01. The van der Waals surface area contributed by atoms with E-state index >= 15 is 0 Å². The molecule has 0 N–H and O–H groups in total. The topological polar surface area (TPSA) is 12.5 Å². The van der Waals surface area contributed by atoms with Gasteiger partial charge in [0.2, 0.25) is 0 Å². The van der Waals surface area contributed by atoms with E-state index < -0.39 is 18.2 Å². The standard InChI is InChI=1S/C19H20F3NO/c20-19(21,22)17-12-23(11-15-7-3-1-4-8-15)13-18(17)24-14-16-9-5-2-6-10-16/h1-10,17-18H,11-14H2. The molecule has 2 unspecified atom stereocenters. The zero-order valence-corrected chi connectivity index (χ0v) is 13.2. The molecule has 3 rings (SSSR count). The number of nitrogens with zero attached hydrogens (tertiary/aromatic N) is 1. The van der Waals surface area contributed by atoms with E-state index in [2.05, 4.69) is 0 Å². The van der Waals surface area contributed by atoms with Crippen LogP contribution in [-0.2, 0) is 17.9 Å². The SMILES string of the molecule is FC(F)(F)C1CN(Cc2ccccc2)CC1OCc1ccccc1. The van der Waals surface area contributed by atoms with E-state index in [0.29, 0.717) is 13.1 Å². The van der Waals surface area contributed by atoms with Gasteiger partial charge < -0.3 is 4.74 Å². The molecule has 1 fully saturated rings. The largest absolute Gasteiger partial charge is 0.395 e. The fourth-order valence-electron chi connectivity index (χ4n) is 3.08. The number of hydrogen-bond donors (Lipinski definition) is 0. The Kier molecular flexibility index (Phi) is 5.21. The lowest BCUT2D eigenvalue weighted by Crippen LogP contribution is -2.34. The van der Waals surface area contributed by atoms with E-state index in [9.17, 15) is 13.2 Å². The molecule has 0 amide bonds. The van der Waals surface area contributed by atoms with Crippen molar-refractivity contribution in [2.24, 2.45) is 5.92 Å². The fraction of sp³-hybridized carbons (Fsp3) is 0.368. The molecule has 2 atom stereocenters. The maximum atomic E-state index is 13.3. The second kappa shape index (κ2) is 7.36. The highest BCUT2D eigenvalue weighted by Crippen LogP contribution is 2.36. The van der Waals surface area contributed by atoms with Crippen LogP contribution in [0, 0.1) is 5.92 Å². The Morgan fingerprint density at radius 2 is 1.46 bits per heavy atom. The smallest absolute Gasteiger partial charge is 0.372 e. The Labute approximate surface area is 139 Å². The highest BCUT2D eigenvalue weighted by atomic mass is 19.4. The van der Waals surface area contributed by atoms with E-state index in [1.807, 2.05) is 65.6 Å². The summed E-state index contributed by atoms with van der Waals surface area (Å²) in [5.41, 5.74) is 1.90. The van der Waals surface area contributed by atoms with Crippen molar-refractivity contribution in [1.29, 1.82) is 0 Å². The van der Waals surface area contributed by atoms with E-state index in [1.54, 1.807) is 0 Å². The maximum Gasteiger partial charge on any atom is 0.395 e. The predicted octanol–water partition coefficient (Wildman–Crippen LogP) is 4.27. The fourth-order valence-corrected chi connectivity index (χ4v) is 3.08. The summed E-state index contributed by atoms with van der Waals surface area (Å²) in [5, 5.41) is 0. The van der Waals surface area contributed by atoms with Crippen LogP contribution in [0.3, 0.4) is 0 Å². The molecular formula is C19H20F3NO. The van der Waals surface area contributed by atoms with Crippen molar-refractivity contribution in [2.75, 3.05) is 13.1 Å². The van der Waals surface area contributed by atoms with Gasteiger partial charge in [0.1, 0.15) is 0 Å². The molecule has 0 aromatic heterocycles. The van der Waals surface area contributed by atoms with Crippen LogP contribution in [0.15, 0.2) is 60.7 Å². The Hall–Kier alpha value is -1.85. The average Bonchev–Trinajstić information content (AvgIpc) is 2.98. The maximum absolute atomic E-state index is 13.3. The van der Waals surface area contributed by atoms with E-state index in [0.717, 1.165) is 11.1 Å². The highest BCUT2D eigenvalue weighted by Gasteiger charge is 2.50. The molecule has 0 saturated carbocycles. The van der Waals surface area contributed by atoms with Crippen LogP contribution in [0.4, 0.5) is 13.2 Å². The summed E-state index contributed by atoms with van der Waals surface area (Å²) >= 11 is 0. The summed E-state index contributed by atoms with van der Waals surface area (Å²) in [4.78, 5) is 1.82. The highest BCUT2D eigenvalue weighted by molar-refractivity contribution is 5.15. The van der Waals surface area contributed by atoms with Gasteiger partial charge in [-0.25, -0.2) is 0 Å². The van der Waals surface area contributed by atoms with Crippen LogP contribution in [0.2, 0.25) is 0 Å². The van der Waals surface area contributed by atoms with E-state index in [-0.39, 0.29) is 13.2 Å². The number of alkyl halides is 3. The predicted molar refractivity (Wildman–Crippen MR) is 86.3 cm³/mol. The second-order valence-corrected chi connectivity index (χ2v) is 6.16. The lowest BCUT2D eigenvalue weighted by molar-refractivity contribution is -0.196. The summed E-state index contributed by atoms with van der Waals surface area (Å²) in [6, 6.07) is 18.9. The minimum absolute atomic E-state index is 0.0160. The Morgan fingerprint density at radius 1 is 0.875 bits per heavy atom. The molecule has 1 saturated heterocycles. The minimum atomic E-state index is -4.24. The molecule has 0 bridgehead atoms. The number of benzene rings is 2. The van der Waals surface area contributed by atoms with Gasteiger partial charge in [0.05, 0.1) is 18.6 Å². The van der Waals surface area contributed by atoms with Crippen LogP contribution in [0.5, 0.6) is 0 Å². The number of ether oxygens (including phenoxy) is 1. The zero-order valence-electron chi connectivity index (χ0n) is 13.2. The Bertz CT molecular complexity index is 630. The summed E-state index contributed by atoms with van der Waals surface area (Å²) in [6.07, 6.45) is -5.07. The lowest BCUT2D eigenvalue weighted by Gasteiger charge is -2.21. The van der Waals surface area contributed by atoms with Crippen molar-refractivity contribution >= 4 is 0 Å². The molecule has 0 aliphatic carbocycles. The summed E-state index contributed by atoms with van der Waals surface area (Å²) in [7, 11) is 0. The molecule has 1 aliphatic rings. The van der Waals surface area contributed by atoms with E-state index in [4.69, 9.17) is 4.74 Å². The number of hydrogen-bond acceptors (Lipinski definition) is 2. The molecule has 1 heterocycles. The van der Waals surface area contributed by atoms with Gasteiger partial charge in [0.25, 0.3) is 0 Å². The van der Waals surface area contributed by atoms with E-state index in [1.165, 1.54) is 0 Å². The van der Waals surface area contributed by atoms with Gasteiger partial charge in [-0.05, 0) is 11.1 Å². The van der Waals surface area contributed by atoms with Crippen molar-refractivity contribution in [2.45, 2.75) is 25.4 Å². The summed E-state index contributed by atoms with van der Waals surface area (Å²) in [6.45, 7) is 1.000. The monoisotopic (exact) mass is 335 g/mol. The average molecular weight is 335 g/mol. The third-order valence-corrected chi connectivity index (χ3v) is 4.32. The third-order valence-electron chi connectivity index (χ3n) is 4.32. The quantitative estimate of drug-likeness (QED) is 0.809. The third kappa shape index (κ3) is 4.36. The molecule has 0 spiro atoms. The molecule has 5 heteroatoms. The van der Waals surface area contributed by atoms with Gasteiger partial charge in [-0.15, -0.1) is 0 Å². The van der Waals surface area contributed by atoms with Crippen LogP contribution < -0.4 is 0 Å². The number of likely N-dealkylation sites (tertiary alicyclic amines) is 1. The number of halogens is 3. The van der Waals surface area contributed by atoms with Crippen LogP contribution >= 0.6 is 0 Å². The van der Waals surface area contributed by atoms with Crippen molar-refractivity contribution in [3.63, 3.8) is 0 Å². The first-order chi connectivity index (χ1) is 11.5. The van der Waals surface area contributed by atoms with Gasteiger partial charge in [0, 0.05) is 19.6 Å². The minimum Gasteiger partial charge on any atom is -0.372 e. The van der Waals surface area contributed by atoms with Gasteiger partial charge in [-0.2, -0.15) is 13.2 Å². The summed E-state index contributed by atoms with van der Waals surface area (Å²) < 4.78 is 45.7. The normalized spacial score (nSPS) is 22.0. The summed E-state index contributed by atoms with van der Waals surface area (Å²) in [5.74, 6) is -1.44. The van der Waals surface area contributed by atoms with Gasteiger partial charge in [-0.1, -0.05) is 60.7 Å². The first-order valence-electron chi connectivity index (χ1n) is 8.01. The van der Waals surface area contributed by atoms with Gasteiger partial charge in [-0.3, -0.25) is 4.90 Å². The van der Waals surface area contributed by atoms with Crippen molar-refractivity contribution in [3.05, 3.63) is 71.8 Å². The second-order valence-electron chi connectivity index (χ2n) is 6.16. The van der Waals surface area contributed by atoms with Crippen LogP contribution in [0.25, 0.3) is 0 Å². The molecule has 2 nitrogen and oxygen atoms in total. The first kappa shape index (κ1) is 17.0.